The van der Waals surface area contributed by atoms with Crippen LogP contribution in [0.5, 0.6) is 5.75 Å². The molecule has 1 heterocycles. The molecule has 5 nitrogen and oxygen atoms in total. The second-order valence-corrected chi connectivity index (χ2v) is 6.09. The number of hydrogen-bond acceptors (Lipinski definition) is 4. The molecule has 1 aliphatic rings. The summed E-state index contributed by atoms with van der Waals surface area (Å²) in [4.78, 5) is 12.6. The molecule has 3 N–H and O–H groups in total. The summed E-state index contributed by atoms with van der Waals surface area (Å²) in [5.74, 6) is 0.711. The number of carbonyl (C=O) groups excluding carboxylic acids is 1. The Hall–Kier alpha value is -2.37. The summed E-state index contributed by atoms with van der Waals surface area (Å²) in [6, 6.07) is 16.0. The van der Waals surface area contributed by atoms with Crippen LogP contribution < -0.4 is 20.9 Å². The van der Waals surface area contributed by atoms with Gasteiger partial charge >= 0.3 is 0 Å². The summed E-state index contributed by atoms with van der Waals surface area (Å²) < 4.78 is 5.19. The highest BCUT2D eigenvalue weighted by Crippen LogP contribution is 2.26. The smallest absolute Gasteiger partial charge is 0.226 e. The van der Waals surface area contributed by atoms with Crippen LogP contribution in [0.15, 0.2) is 48.5 Å². The van der Waals surface area contributed by atoms with Crippen LogP contribution in [-0.2, 0) is 11.3 Å². The molecule has 3 rings (SSSR count). The molecule has 0 aliphatic carbocycles. The lowest BCUT2D eigenvalue weighted by Gasteiger charge is -2.19. The third-order valence-corrected chi connectivity index (χ3v) is 4.38. The van der Waals surface area contributed by atoms with E-state index in [1.807, 2.05) is 36.4 Å². The van der Waals surface area contributed by atoms with Gasteiger partial charge in [0, 0.05) is 13.1 Å². The zero-order valence-electron chi connectivity index (χ0n) is 14.0. The average molecular weight is 325 g/mol. The zero-order valence-corrected chi connectivity index (χ0v) is 14.0. The maximum atomic E-state index is 12.6. The fourth-order valence-corrected chi connectivity index (χ4v) is 2.89. The van der Waals surface area contributed by atoms with E-state index in [0.717, 1.165) is 16.9 Å². The third kappa shape index (κ3) is 3.75. The Kier molecular flexibility index (Phi) is 5.13. The van der Waals surface area contributed by atoms with E-state index in [-0.39, 0.29) is 17.9 Å². The summed E-state index contributed by atoms with van der Waals surface area (Å²) in [7, 11) is 1.64. The van der Waals surface area contributed by atoms with Crippen molar-refractivity contribution in [1.29, 1.82) is 0 Å². The van der Waals surface area contributed by atoms with Crippen LogP contribution >= 0.6 is 0 Å². The van der Waals surface area contributed by atoms with Crippen LogP contribution in [0.1, 0.15) is 22.7 Å². The number of carbonyl (C=O) groups is 1. The lowest BCUT2D eigenvalue weighted by Crippen LogP contribution is -2.34. The molecular formula is C19H23N3O2. The van der Waals surface area contributed by atoms with Crippen LogP contribution in [0.25, 0.3) is 0 Å². The average Bonchev–Trinajstić information content (AvgIpc) is 3.11. The fourth-order valence-electron chi connectivity index (χ4n) is 2.89. The number of methoxy groups -OCH3 is 1. The number of rotatable bonds is 5. The Bertz CT molecular complexity index is 683. The molecule has 2 unspecified atom stereocenters. The summed E-state index contributed by atoms with van der Waals surface area (Å²) in [5.41, 5.74) is 9.68. The van der Waals surface area contributed by atoms with Gasteiger partial charge in [0.25, 0.3) is 0 Å². The minimum atomic E-state index is -0.149. The van der Waals surface area contributed by atoms with Crippen LogP contribution in [0.3, 0.4) is 0 Å². The monoisotopic (exact) mass is 325 g/mol. The lowest BCUT2D eigenvalue weighted by atomic mass is 9.94. The van der Waals surface area contributed by atoms with Gasteiger partial charge in [-0.25, -0.2) is 5.43 Å². The first-order valence-electron chi connectivity index (χ1n) is 8.13. The summed E-state index contributed by atoms with van der Waals surface area (Å²) in [5, 5.41) is 3.04. The highest BCUT2D eigenvalue weighted by molar-refractivity contribution is 5.80. The largest absolute Gasteiger partial charge is 0.497 e. The van der Waals surface area contributed by atoms with Gasteiger partial charge in [0.1, 0.15) is 5.75 Å². The Morgan fingerprint density at radius 2 is 1.88 bits per heavy atom. The van der Waals surface area contributed by atoms with Crippen LogP contribution in [0, 0.1) is 12.8 Å². The molecule has 0 radical (unpaired) electrons. The molecule has 2 atom stereocenters. The Balaban J connectivity index is 1.63. The van der Waals surface area contributed by atoms with Crippen LogP contribution in [0.2, 0.25) is 0 Å². The molecule has 1 fully saturated rings. The maximum Gasteiger partial charge on any atom is 0.226 e. The Morgan fingerprint density at radius 3 is 2.54 bits per heavy atom. The van der Waals surface area contributed by atoms with E-state index in [1.165, 1.54) is 5.56 Å². The normalized spacial score (nSPS) is 19.9. The summed E-state index contributed by atoms with van der Waals surface area (Å²) in [6.45, 7) is 3.21. The van der Waals surface area contributed by atoms with Gasteiger partial charge in [-0.1, -0.05) is 42.0 Å². The lowest BCUT2D eigenvalue weighted by molar-refractivity contribution is -0.125. The minimum Gasteiger partial charge on any atom is -0.497 e. The van der Waals surface area contributed by atoms with Crippen molar-refractivity contribution >= 4 is 5.91 Å². The molecule has 0 bridgehead atoms. The van der Waals surface area contributed by atoms with Crippen molar-refractivity contribution in [3.05, 3.63) is 65.2 Å². The molecule has 0 saturated carbocycles. The van der Waals surface area contributed by atoms with Gasteiger partial charge in [-0.2, -0.15) is 0 Å². The summed E-state index contributed by atoms with van der Waals surface area (Å²) in [6.07, 6.45) is 0. The van der Waals surface area contributed by atoms with Crippen molar-refractivity contribution < 1.29 is 9.53 Å². The Morgan fingerprint density at radius 1 is 1.17 bits per heavy atom. The quantitative estimate of drug-likeness (QED) is 0.788. The Labute approximate surface area is 142 Å². The van der Waals surface area contributed by atoms with Crippen LogP contribution in [0.4, 0.5) is 0 Å². The van der Waals surface area contributed by atoms with Crippen molar-refractivity contribution in [3.8, 4) is 5.75 Å². The topological polar surface area (TPSA) is 62.4 Å². The molecule has 24 heavy (non-hydrogen) atoms. The molecule has 2 aromatic rings. The second kappa shape index (κ2) is 7.47. The maximum absolute atomic E-state index is 12.6. The molecule has 0 spiro atoms. The number of aryl methyl sites for hydroxylation is 1. The first-order valence-corrected chi connectivity index (χ1v) is 8.13. The molecule has 2 aromatic carbocycles. The van der Waals surface area contributed by atoms with Gasteiger partial charge in [-0.05, 0) is 30.2 Å². The van der Waals surface area contributed by atoms with Gasteiger partial charge in [0.15, 0.2) is 0 Å². The van der Waals surface area contributed by atoms with Gasteiger partial charge < -0.3 is 10.1 Å². The first kappa shape index (κ1) is 16.5. The highest BCUT2D eigenvalue weighted by Gasteiger charge is 2.33. The van der Waals surface area contributed by atoms with E-state index in [1.54, 1.807) is 7.11 Å². The van der Waals surface area contributed by atoms with Gasteiger partial charge in [-0.3, -0.25) is 10.2 Å². The van der Waals surface area contributed by atoms with Gasteiger partial charge in [0.2, 0.25) is 5.91 Å². The van der Waals surface area contributed by atoms with Gasteiger partial charge in [-0.15, -0.1) is 0 Å². The van der Waals surface area contributed by atoms with Crippen LogP contribution in [-0.4, -0.2) is 19.6 Å². The van der Waals surface area contributed by atoms with E-state index in [4.69, 9.17) is 4.74 Å². The molecule has 126 valence electrons. The number of nitrogens with one attached hydrogen (secondary N) is 3. The van der Waals surface area contributed by atoms with Gasteiger partial charge in [0.05, 0.1) is 19.1 Å². The molecule has 5 heteroatoms. The van der Waals surface area contributed by atoms with E-state index >= 15 is 0 Å². The van der Waals surface area contributed by atoms with E-state index in [9.17, 15) is 4.79 Å². The van der Waals surface area contributed by atoms with E-state index < -0.39 is 0 Å². The molecule has 1 aliphatic heterocycles. The van der Waals surface area contributed by atoms with Crippen molar-refractivity contribution in [3.63, 3.8) is 0 Å². The number of hydrogen-bond donors (Lipinski definition) is 3. The number of hydrazine groups is 1. The molecule has 1 amide bonds. The standard InChI is InChI=1S/C19H23N3O2/c1-13-3-5-14(6-4-13)11-20-19(23)17-12-21-22-18(17)15-7-9-16(24-2)10-8-15/h3-10,17-18,21-22H,11-12H2,1-2H3,(H,20,23). The molecule has 1 saturated heterocycles. The zero-order chi connectivity index (χ0) is 16.9. The minimum absolute atomic E-state index is 0.0473. The molecular weight excluding hydrogens is 302 g/mol. The predicted octanol–water partition coefficient (Wildman–Crippen LogP) is 2.09. The SMILES string of the molecule is COc1ccc(C2NNCC2C(=O)NCc2ccc(C)cc2)cc1. The molecule has 0 aromatic heterocycles. The number of benzene rings is 2. The highest BCUT2D eigenvalue weighted by atomic mass is 16.5. The van der Waals surface area contributed by atoms with E-state index in [2.05, 4.69) is 35.2 Å². The van der Waals surface area contributed by atoms with Crippen molar-refractivity contribution in [1.82, 2.24) is 16.2 Å². The van der Waals surface area contributed by atoms with E-state index in [0.29, 0.717) is 13.1 Å². The first-order chi connectivity index (χ1) is 11.7. The third-order valence-electron chi connectivity index (χ3n) is 4.38. The number of amides is 1. The second-order valence-electron chi connectivity index (χ2n) is 6.09. The predicted molar refractivity (Wildman–Crippen MR) is 93.4 cm³/mol. The van der Waals surface area contributed by atoms with Crippen molar-refractivity contribution in [2.45, 2.75) is 19.5 Å². The number of ether oxygens (including phenoxy) is 1. The fraction of sp³-hybridized carbons (Fsp3) is 0.316. The van der Waals surface area contributed by atoms with Crippen molar-refractivity contribution in [2.24, 2.45) is 5.92 Å². The summed E-state index contributed by atoms with van der Waals surface area (Å²) >= 11 is 0. The van der Waals surface area contributed by atoms with Crippen molar-refractivity contribution in [2.75, 3.05) is 13.7 Å².